The van der Waals surface area contributed by atoms with Gasteiger partial charge in [-0.15, -0.1) is 0 Å². The average molecular weight is 262 g/mol. The van der Waals surface area contributed by atoms with Crippen LogP contribution in [0.4, 0.5) is 10.1 Å². The molecule has 1 saturated carbocycles. The van der Waals surface area contributed by atoms with Crippen LogP contribution in [0.2, 0.25) is 0 Å². The van der Waals surface area contributed by atoms with Gasteiger partial charge in [-0.3, -0.25) is 4.39 Å². The van der Waals surface area contributed by atoms with Crippen LogP contribution in [0.25, 0.3) is 0 Å². The van der Waals surface area contributed by atoms with Crippen molar-refractivity contribution in [1.29, 1.82) is 0 Å². The van der Waals surface area contributed by atoms with Crippen LogP contribution in [-0.2, 0) is 6.54 Å². The summed E-state index contributed by atoms with van der Waals surface area (Å²) in [7, 11) is 0. The van der Waals surface area contributed by atoms with Gasteiger partial charge >= 0.3 is 0 Å². The molecule has 3 heteroatoms. The van der Waals surface area contributed by atoms with E-state index in [1.165, 1.54) is 36.9 Å². The van der Waals surface area contributed by atoms with Gasteiger partial charge in [0.2, 0.25) is 0 Å². The third-order valence-electron chi connectivity index (χ3n) is 4.60. The Morgan fingerprint density at radius 3 is 2.79 bits per heavy atom. The second-order valence-electron chi connectivity index (χ2n) is 5.93. The molecular formula is C16H23FN2. The van der Waals surface area contributed by atoms with E-state index in [9.17, 15) is 4.39 Å². The summed E-state index contributed by atoms with van der Waals surface area (Å²) in [4.78, 5) is 2.40. The van der Waals surface area contributed by atoms with E-state index in [4.69, 9.17) is 0 Å². The Kier molecular flexibility index (Phi) is 3.74. The van der Waals surface area contributed by atoms with Crippen molar-refractivity contribution in [1.82, 2.24) is 5.32 Å². The predicted octanol–water partition coefficient (Wildman–Crippen LogP) is 3.27. The summed E-state index contributed by atoms with van der Waals surface area (Å²) in [5.41, 5.74) is 2.91. The third-order valence-corrected chi connectivity index (χ3v) is 4.60. The molecule has 0 radical (unpaired) electrons. The standard InChI is InChI=1S/C16H23FN2/c17-10-5-11-19-13-16(8-3-4-9-16)18-12-14-6-1-2-7-15(14)19/h1-2,6-7,18H,3-5,8-13H2. The highest BCUT2D eigenvalue weighted by Gasteiger charge is 2.37. The molecule has 1 heterocycles. The largest absolute Gasteiger partial charge is 0.369 e. The van der Waals surface area contributed by atoms with Gasteiger partial charge in [0.1, 0.15) is 0 Å². The molecule has 104 valence electrons. The minimum atomic E-state index is -0.223. The van der Waals surface area contributed by atoms with E-state index in [1.54, 1.807) is 0 Å². The first-order valence-electron chi connectivity index (χ1n) is 7.47. The van der Waals surface area contributed by atoms with Crippen LogP contribution >= 0.6 is 0 Å². The summed E-state index contributed by atoms with van der Waals surface area (Å²) in [5, 5.41) is 3.78. The smallest absolute Gasteiger partial charge is 0.0911 e. The molecule has 1 N–H and O–H groups in total. The van der Waals surface area contributed by atoms with Crippen molar-refractivity contribution >= 4 is 5.69 Å². The lowest BCUT2D eigenvalue weighted by Gasteiger charge is -2.34. The Bertz CT molecular complexity index is 427. The van der Waals surface area contributed by atoms with Crippen LogP contribution in [0.5, 0.6) is 0 Å². The molecule has 3 rings (SSSR count). The summed E-state index contributed by atoms with van der Waals surface area (Å²) in [6.45, 7) is 2.59. The van der Waals surface area contributed by atoms with Gasteiger partial charge in [-0.05, 0) is 30.9 Å². The fraction of sp³-hybridized carbons (Fsp3) is 0.625. The second-order valence-corrected chi connectivity index (χ2v) is 5.93. The Morgan fingerprint density at radius 2 is 2.00 bits per heavy atom. The molecule has 1 spiro atoms. The van der Waals surface area contributed by atoms with Crippen LogP contribution in [0, 0.1) is 0 Å². The molecule has 2 nitrogen and oxygen atoms in total. The second kappa shape index (κ2) is 5.49. The number of halogens is 1. The molecule has 19 heavy (non-hydrogen) atoms. The lowest BCUT2D eigenvalue weighted by molar-refractivity contribution is 0.335. The summed E-state index contributed by atoms with van der Waals surface area (Å²) in [6, 6.07) is 8.57. The molecule has 0 atom stereocenters. The van der Waals surface area contributed by atoms with Gasteiger partial charge in [-0.2, -0.15) is 0 Å². The van der Waals surface area contributed by atoms with Crippen LogP contribution < -0.4 is 10.2 Å². The molecule has 1 aliphatic carbocycles. The van der Waals surface area contributed by atoms with Gasteiger partial charge in [0.05, 0.1) is 6.67 Å². The van der Waals surface area contributed by atoms with Crippen molar-refractivity contribution in [2.24, 2.45) is 0 Å². The molecule has 0 bridgehead atoms. The molecule has 1 aromatic carbocycles. The van der Waals surface area contributed by atoms with E-state index < -0.39 is 0 Å². The minimum Gasteiger partial charge on any atom is -0.369 e. The van der Waals surface area contributed by atoms with Crippen molar-refractivity contribution in [2.45, 2.75) is 44.2 Å². The molecule has 0 amide bonds. The minimum absolute atomic E-state index is 0.223. The van der Waals surface area contributed by atoms with Crippen molar-refractivity contribution in [3.63, 3.8) is 0 Å². The lowest BCUT2D eigenvalue weighted by Crippen LogP contribution is -2.49. The average Bonchev–Trinajstić information content (AvgIpc) is 2.84. The summed E-state index contributed by atoms with van der Waals surface area (Å²) in [6.07, 6.45) is 5.78. The number of anilines is 1. The first-order valence-corrected chi connectivity index (χ1v) is 7.47. The van der Waals surface area contributed by atoms with E-state index in [0.29, 0.717) is 6.42 Å². The van der Waals surface area contributed by atoms with E-state index in [-0.39, 0.29) is 12.2 Å². The first kappa shape index (κ1) is 12.9. The van der Waals surface area contributed by atoms with Crippen molar-refractivity contribution in [3.8, 4) is 0 Å². The third kappa shape index (κ3) is 2.62. The van der Waals surface area contributed by atoms with Crippen LogP contribution in [0.15, 0.2) is 24.3 Å². The molecule has 0 unspecified atom stereocenters. The quantitative estimate of drug-likeness (QED) is 0.899. The number of fused-ring (bicyclic) bond motifs is 1. The van der Waals surface area contributed by atoms with Gasteiger partial charge in [-0.25, -0.2) is 0 Å². The monoisotopic (exact) mass is 262 g/mol. The Balaban J connectivity index is 1.87. The maximum Gasteiger partial charge on any atom is 0.0911 e. The molecular weight excluding hydrogens is 239 g/mol. The number of rotatable bonds is 3. The van der Waals surface area contributed by atoms with Gasteiger partial charge in [-0.1, -0.05) is 31.0 Å². The maximum atomic E-state index is 12.6. The highest BCUT2D eigenvalue weighted by molar-refractivity contribution is 5.55. The van der Waals surface area contributed by atoms with E-state index in [1.807, 2.05) is 0 Å². The van der Waals surface area contributed by atoms with Crippen molar-refractivity contribution < 1.29 is 4.39 Å². The maximum absolute atomic E-state index is 12.6. The van der Waals surface area contributed by atoms with E-state index in [2.05, 4.69) is 34.5 Å². The molecule has 0 aromatic heterocycles. The first-order chi connectivity index (χ1) is 9.33. The van der Waals surface area contributed by atoms with Gasteiger partial charge in [0, 0.05) is 30.9 Å². The highest BCUT2D eigenvalue weighted by Crippen LogP contribution is 2.35. The number of nitrogens with one attached hydrogen (secondary N) is 1. The van der Waals surface area contributed by atoms with E-state index in [0.717, 1.165) is 19.6 Å². The summed E-state index contributed by atoms with van der Waals surface area (Å²) in [5.74, 6) is 0. The SMILES string of the molecule is FCCCN1CC2(CCCC2)NCc2ccccc21. The zero-order valence-corrected chi connectivity index (χ0v) is 11.5. The number of hydrogen-bond acceptors (Lipinski definition) is 2. The zero-order chi connectivity index (χ0) is 13.1. The van der Waals surface area contributed by atoms with Gasteiger partial charge < -0.3 is 10.2 Å². The summed E-state index contributed by atoms with van der Waals surface area (Å²) >= 11 is 0. The number of hydrogen-bond donors (Lipinski definition) is 1. The number of benzene rings is 1. The fourth-order valence-electron chi connectivity index (χ4n) is 3.59. The lowest BCUT2D eigenvalue weighted by atomic mass is 9.97. The van der Waals surface area contributed by atoms with Crippen LogP contribution in [0.3, 0.4) is 0 Å². The molecule has 1 aliphatic heterocycles. The number of para-hydroxylation sites is 1. The van der Waals surface area contributed by atoms with Crippen molar-refractivity contribution in [3.05, 3.63) is 29.8 Å². The molecule has 1 fully saturated rings. The number of nitrogens with zero attached hydrogens (tertiary/aromatic N) is 1. The van der Waals surface area contributed by atoms with Crippen LogP contribution in [0.1, 0.15) is 37.7 Å². The van der Waals surface area contributed by atoms with Gasteiger partial charge in [0.15, 0.2) is 0 Å². The van der Waals surface area contributed by atoms with Gasteiger partial charge in [0.25, 0.3) is 0 Å². The fourth-order valence-corrected chi connectivity index (χ4v) is 3.59. The molecule has 2 aliphatic rings. The Hall–Kier alpha value is -1.09. The zero-order valence-electron chi connectivity index (χ0n) is 11.5. The highest BCUT2D eigenvalue weighted by atomic mass is 19.1. The topological polar surface area (TPSA) is 15.3 Å². The molecule has 1 aromatic rings. The van der Waals surface area contributed by atoms with E-state index >= 15 is 0 Å². The molecule has 0 saturated heterocycles. The predicted molar refractivity (Wildman–Crippen MR) is 77.3 cm³/mol. The van der Waals surface area contributed by atoms with Crippen molar-refractivity contribution in [2.75, 3.05) is 24.7 Å². The Morgan fingerprint density at radius 1 is 1.21 bits per heavy atom. The summed E-state index contributed by atoms with van der Waals surface area (Å²) < 4.78 is 12.6. The van der Waals surface area contributed by atoms with Crippen LogP contribution in [-0.4, -0.2) is 25.3 Å². The Labute approximate surface area is 115 Å². The normalized spacial score (nSPS) is 21.4. The number of alkyl halides is 1.